The molecule has 106 valence electrons. The Morgan fingerprint density at radius 1 is 1.15 bits per heavy atom. The highest BCUT2D eigenvalue weighted by Gasteiger charge is 2.57. The highest BCUT2D eigenvalue weighted by Crippen LogP contribution is 2.67. The Morgan fingerprint density at radius 2 is 2.00 bits per heavy atom. The molecule has 20 heavy (non-hydrogen) atoms. The van der Waals surface area contributed by atoms with Crippen molar-refractivity contribution in [3.8, 4) is 0 Å². The molecule has 3 aliphatic carbocycles. The van der Waals surface area contributed by atoms with Crippen LogP contribution in [0, 0.1) is 16.7 Å². The SMILES string of the molecule is C=C[C@@]12CCc3ccccc3[C@H]1CC[C@]1(C)CCC[C@H]12. The van der Waals surface area contributed by atoms with E-state index in [1.807, 2.05) is 0 Å². The van der Waals surface area contributed by atoms with Gasteiger partial charge in [-0.1, -0.05) is 43.7 Å². The van der Waals surface area contributed by atoms with Gasteiger partial charge in [0.15, 0.2) is 0 Å². The van der Waals surface area contributed by atoms with Gasteiger partial charge >= 0.3 is 0 Å². The highest BCUT2D eigenvalue weighted by atomic mass is 14.6. The molecule has 0 unspecified atom stereocenters. The van der Waals surface area contributed by atoms with E-state index in [2.05, 4.69) is 43.8 Å². The first-order valence-corrected chi connectivity index (χ1v) is 8.41. The van der Waals surface area contributed by atoms with E-state index in [1.165, 1.54) is 44.9 Å². The van der Waals surface area contributed by atoms with E-state index in [1.54, 1.807) is 11.1 Å². The molecule has 4 rings (SSSR count). The predicted molar refractivity (Wildman–Crippen MR) is 84.8 cm³/mol. The Balaban J connectivity index is 1.84. The summed E-state index contributed by atoms with van der Waals surface area (Å²) >= 11 is 0. The molecule has 0 radical (unpaired) electrons. The van der Waals surface area contributed by atoms with E-state index < -0.39 is 0 Å². The molecule has 3 aliphatic rings. The molecule has 0 saturated heterocycles. The van der Waals surface area contributed by atoms with E-state index in [0.717, 1.165) is 11.8 Å². The van der Waals surface area contributed by atoms with Crippen LogP contribution in [-0.2, 0) is 6.42 Å². The van der Waals surface area contributed by atoms with Gasteiger partial charge in [0.2, 0.25) is 0 Å². The fourth-order valence-electron chi connectivity index (χ4n) is 6.07. The first-order chi connectivity index (χ1) is 9.70. The molecule has 0 aromatic heterocycles. The van der Waals surface area contributed by atoms with Crippen molar-refractivity contribution in [2.24, 2.45) is 16.7 Å². The second-order valence-electron chi connectivity index (χ2n) is 7.71. The summed E-state index contributed by atoms with van der Waals surface area (Å²) in [5.74, 6) is 1.61. The summed E-state index contributed by atoms with van der Waals surface area (Å²) in [6.45, 7) is 6.89. The first kappa shape index (κ1) is 12.7. The maximum atomic E-state index is 4.32. The first-order valence-electron chi connectivity index (χ1n) is 8.41. The zero-order chi connectivity index (χ0) is 13.8. The largest absolute Gasteiger partial charge is 0.102 e. The summed E-state index contributed by atoms with van der Waals surface area (Å²) in [5, 5.41) is 0. The van der Waals surface area contributed by atoms with Gasteiger partial charge in [-0.2, -0.15) is 0 Å². The van der Waals surface area contributed by atoms with Crippen molar-refractivity contribution in [1.29, 1.82) is 0 Å². The lowest BCUT2D eigenvalue weighted by molar-refractivity contribution is 0.00461. The third-order valence-electron chi connectivity index (χ3n) is 7.02. The van der Waals surface area contributed by atoms with Crippen LogP contribution in [0.3, 0.4) is 0 Å². The average molecular weight is 266 g/mol. The molecule has 0 aliphatic heterocycles. The summed E-state index contributed by atoms with van der Waals surface area (Å²) in [6, 6.07) is 9.20. The van der Waals surface area contributed by atoms with Gasteiger partial charge in [0, 0.05) is 0 Å². The van der Waals surface area contributed by atoms with Crippen LogP contribution in [0.1, 0.15) is 62.5 Å². The van der Waals surface area contributed by atoms with Gasteiger partial charge in [0.05, 0.1) is 0 Å². The van der Waals surface area contributed by atoms with Crippen molar-refractivity contribution in [1.82, 2.24) is 0 Å². The third-order valence-corrected chi connectivity index (χ3v) is 7.02. The molecule has 0 bridgehead atoms. The van der Waals surface area contributed by atoms with Gasteiger partial charge in [0.1, 0.15) is 0 Å². The van der Waals surface area contributed by atoms with Crippen LogP contribution < -0.4 is 0 Å². The van der Waals surface area contributed by atoms with Crippen LogP contribution in [0.15, 0.2) is 36.9 Å². The van der Waals surface area contributed by atoms with Gasteiger partial charge in [-0.25, -0.2) is 0 Å². The molecular weight excluding hydrogens is 240 g/mol. The minimum atomic E-state index is 0.387. The van der Waals surface area contributed by atoms with Crippen molar-refractivity contribution >= 4 is 0 Å². The summed E-state index contributed by atoms with van der Waals surface area (Å²) in [5.41, 5.74) is 4.23. The van der Waals surface area contributed by atoms with Crippen LogP contribution in [0.4, 0.5) is 0 Å². The third kappa shape index (κ3) is 1.48. The summed E-state index contributed by atoms with van der Waals surface area (Å²) in [7, 11) is 0. The fraction of sp³-hybridized carbons (Fsp3) is 0.600. The standard InChI is InChI=1S/C20H26/c1-3-20-14-10-15-7-4-5-8-16(15)17(20)11-13-19(2)12-6-9-18(19)20/h3-5,7-8,17-18H,1,6,9-14H2,2H3/t17-,18-,19+,20-/m1/s1. The molecule has 0 heterocycles. The summed E-state index contributed by atoms with van der Waals surface area (Å²) in [4.78, 5) is 0. The minimum absolute atomic E-state index is 0.387. The van der Waals surface area contributed by atoms with Crippen molar-refractivity contribution in [2.45, 2.75) is 57.8 Å². The Kier molecular flexibility index (Phi) is 2.68. The van der Waals surface area contributed by atoms with Crippen LogP contribution in [0.5, 0.6) is 0 Å². The smallest absolute Gasteiger partial charge is 0.00156 e. The normalized spacial score (nSPS) is 42.5. The van der Waals surface area contributed by atoms with Crippen LogP contribution >= 0.6 is 0 Å². The lowest BCUT2D eigenvalue weighted by Gasteiger charge is -2.56. The lowest BCUT2D eigenvalue weighted by atomic mass is 9.47. The molecule has 1 aromatic rings. The maximum absolute atomic E-state index is 4.32. The van der Waals surface area contributed by atoms with E-state index in [9.17, 15) is 0 Å². The second-order valence-corrected chi connectivity index (χ2v) is 7.71. The summed E-state index contributed by atoms with van der Waals surface area (Å²) < 4.78 is 0. The zero-order valence-electron chi connectivity index (χ0n) is 12.7. The van der Waals surface area contributed by atoms with Gasteiger partial charge in [-0.3, -0.25) is 0 Å². The molecule has 0 spiro atoms. The summed E-state index contributed by atoms with van der Waals surface area (Å²) in [6.07, 6.45) is 12.1. The number of allylic oxidation sites excluding steroid dienone is 1. The number of aryl methyl sites for hydroxylation is 1. The van der Waals surface area contributed by atoms with Gasteiger partial charge in [-0.05, 0) is 72.3 Å². The van der Waals surface area contributed by atoms with E-state index in [0.29, 0.717) is 10.8 Å². The molecule has 0 amide bonds. The van der Waals surface area contributed by atoms with Gasteiger partial charge < -0.3 is 0 Å². The van der Waals surface area contributed by atoms with Gasteiger partial charge in [0.25, 0.3) is 0 Å². The monoisotopic (exact) mass is 266 g/mol. The van der Waals surface area contributed by atoms with Crippen molar-refractivity contribution in [3.05, 3.63) is 48.0 Å². The van der Waals surface area contributed by atoms with Crippen LogP contribution in [-0.4, -0.2) is 0 Å². The maximum Gasteiger partial charge on any atom is -0.00156 e. The Morgan fingerprint density at radius 3 is 2.85 bits per heavy atom. The Bertz CT molecular complexity index is 543. The molecule has 2 saturated carbocycles. The lowest BCUT2D eigenvalue weighted by Crippen LogP contribution is -2.47. The highest BCUT2D eigenvalue weighted by molar-refractivity contribution is 5.38. The molecular formula is C20H26. The zero-order valence-corrected chi connectivity index (χ0v) is 12.7. The average Bonchev–Trinajstić information content (AvgIpc) is 2.89. The molecule has 2 fully saturated rings. The fourth-order valence-corrected chi connectivity index (χ4v) is 6.07. The number of benzene rings is 1. The topological polar surface area (TPSA) is 0 Å². The van der Waals surface area contributed by atoms with E-state index in [4.69, 9.17) is 0 Å². The Labute approximate surface area is 123 Å². The molecule has 0 N–H and O–H groups in total. The number of hydrogen-bond donors (Lipinski definition) is 0. The number of fused-ring (bicyclic) bond motifs is 5. The molecule has 0 heteroatoms. The molecule has 4 atom stereocenters. The van der Waals surface area contributed by atoms with E-state index >= 15 is 0 Å². The van der Waals surface area contributed by atoms with Gasteiger partial charge in [-0.15, -0.1) is 6.58 Å². The number of rotatable bonds is 1. The molecule has 0 nitrogen and oxygen atoms in total. The molecule has 1 aromatic carbocycles. The van der Waals surface area contributed by atoms with Crippen LogP contribution in [0.2, 0.25) is 0 Å². The van der Waals surface area contributed by atoms with Crippen molar-refractivity contribution in [2.75, 3.05) is 0 Å². The van der Waals surface area contributed by atoms with Crippen molar-refractivity contribution < 1.29 is 0 Å². The Hall–Kier alpha value is -1.04. The quantitative estimate of drug-likeness (QED) is 0.590. The minimum Gasteiger partial charge on any atom is -0.102 e. The predicted octanol–water partition coefficient (Wildman–Crippen LogP) is 5.49. The number of hydrogen-bond acceptors (Lipinski definition) is 0. The second kappa shape index (κ2) is 4.23. The van der Waals surface area contributed by atoms with Crippen LogP contribution in [0.25, 0.3) is 0 Å². The van der Waals surface area contributed by atoms with E-state index in [-0.39, 0.29) is 0 Å². The van der Waals surface area contributed by atoms with Crippen molar-refractivity contribution in [3.63, 3.8) is 0 Å².